The first-order chi connectivity index (χ1) is 11.0. The first kappa shape index (κ1) is 16.8. The Morgan fingerprint density at radius 1 is 1.35 bits per heavy atom. The van der Waals surface area contributed by atoms with Gasteiger partial charge in [-0.1, -0.05) is 25.2 Å². The molecule has 2 aromatic heterocycles. The summed E-state index contributed by atoms with van der Waals surface area (Å²) < 4.78 is 0. The minimum absolute atomic E-state index is 0.237. The highest BCUT2D eigenvalue weighted by Gasteiger charge is 2.19. The highest BCUT2D eigenvalue weighted by Crippen LogP contribution is 2.14. The topological polar surface area (TPSA) is 117 Å². The molecule has 1 atom stereocenters. The number of pyridine rings is 1. The quantitative estimate of drug-likeness (QED) is 0.709. The van der Waals surface area contributed by atoms with Crippen molar-refractivity contribution in [3.63, 3.8) is 0 Å². The third kappa shape index (κ3) is 4.99. The summed E-state index contributed by atoms with van der Waals surface area (Å²) in [7, 11) is 0. The molecule has 0 spiro atoms. The molecular weight excluding hydrogens is 318 g/mol. The number of carbonyl (C=O) groups excluding carboxylic acids is 1. The van der Waals surface area contributed by atoms with Crippen molar-refractivity contribution in [3.8, 4) is 0 Å². The minimum Gasteiger partial charge on any atom is -0.480 e. The van der Waals surface area contributed by atoms with Crippen LogP contribution in [-0.4, -0.2) is 38.2 Å². The van der Waals surface area contributed by atoms with Crippen LogP contribution in [0, 0.1) is 5.92 Å². The van der Waals surface area contributed by atoms with Gasteiger partial charge in [-0.05, 0) is 24.5 Å². The van der Waals surface area contributed by atoms with E-state index in [4.69, 9.17) is 0 Å². The van der Waals surface area contributed by atoms with Crippen molar-refractivity contribution in [2.24, 2.45) is 5.92 Å². The van der Waals surface area contributed by atoms with E-state index in [1.807, 2.05) is 13.8 Å². The second-order valence-corrected chi connectivity index (χ2v) is 6.13. The van der Waals surface area contributed by atoms with Crippen LogP contribution in [0.2, 0.25) is 0 Å². The lowest BCUT2D eigenvalue weighted by Crippen LogP contribution is -2.31. The summed E-state index contributed by atoms with van der Waals surface area (Å²) >= 11 is 1.21. The first-order valence-corrected chi connectivity index (χ1v) is 7.86. The van der Waals surface area contributed by atoms with Gasteiger partial charge in [0, 0.05) is 6.20 Å². The number of amides is 1. The molecule has 0 aliphatic rings. The fourth-order valence-electron chi connectivity index (χ4n) is 1.88. The summed E-state index contributed by atoms with van der Waals surface area (Å²) in [5, 5.41) is 22.4. The van der Waals surface area contributed by atoms with Gasteiger partial charge in [-0.15, -0.1) is 10.2 Å². The third-order valence-corrected chi connectivity index (χ3v) is 3.54. The summed E-state index contributed by atoms with van der Waals surface area (Å²) in [6.45, 7) is 3.90. The number of anilines is 2. The number of carboxylic acids is 1. The Bertz CT molecular complexity index is 658. The smallest absolute Gasteiger partial charge is 0.326 e. The first-order valence-electron chi connectivity index (χ1n) is 6.98. The molecule has 0 aliphatic heterocycles. The molecule has 0 aromatic carbocycles. The Morgan fingerprint density at radius 2 is 2.13 bits per heavy atom. The molecule has 0 fully saturated rings. The molecule has 0 aliphatic carbocycles. The van der Waals surface area contributed by atoms with Gasteiger partial charge in [-0.2, -0.15) is 0 Å². The molecule has 2 aromatic rings. The van der Waals surface area contributed by atoms with Crippen molar-refractivity contribution < 1.29 is 14.7 Å². The van der Waals surface area contributed by atoms with Gasteiger partial charge in [0.15, 0.2) is 0 Å². The molecule has 0 radical (unpaired) electrons. The maximum Gasteiger partial charge on any atom is 0.326 e. The van der Waals surface area contributed by atoms with Crippen molar-refractivity contribution in [2.75, 3.05) is 10.6 Å². The second-order valence-electron chi connectivity index (χ2n) is 5.29. The van der Waals surface area contributed by atoms with E-state index in [0.717, 1.165) is 0 Å². The number of hydrogen-bond acceptors (Lipinski definition) is 7. The molecule has 2 rings (SSSR count). The predicted molar refractivity (Wildman–Crippen MR) is 86.6 cm³/mol. The van der Waals surface area contributed by atoms with E-state index in [1.165, 1.54) is 23.0 Å². The van der Waals surface area contributed by atoms with Gasteiger partial charge >= 0.3 is 5.97 Å². The fourth-order valence-corrected chi connectivity index (χ4v) is 2.32. The van der Waals surface area contributed by atoms with Crippen LogP contribution >= 0.6 is 11.3 Å². The number of nitrogens with one attached hydrogen (secondary N) is 2. The predicted octanol–water partition coefficient (Wildman–Crippen LogP) is 2.10. The molecule has 0 bridgehead atoms. The van der Waals surface area contributed by atoms with Gasteiger partial charge in [0.2, 0.25) is 5.13 Å². The molecule has 3 N–H and O–H groups in total. The van der Waals surface area contributed by atoms with Gasteiger partial charge in [0.05, 0.1) is 5.56 Å². The number of nitrogens with zero attached hydrogens (tertiary/aromatic N) is 3. The van der Waals surface area contributed by atoms with E-state index >= 15 is 0 Å². The molecule has 0 saturated heterocycles. The van der Waals surface area contributed by atoms with Crippen LogP contribution < -0.4 is 10.6 Å². The van der Waals surface area contributed by atoms with Crippen molar-refractivity contribution >= 4 is 34.2 Å². The van der Waals surface area contributed by atoms with Crippen molar-refractivity contribution in [2.45, 2.75) is 26.3 Å². The molecule has 9 heteroatoms. The summed E-state index contributed by atoms with van der Waals surface area (Å²) in [4.78, 5) is 27.3. The zero-order valence-electron chi connectivity index (χ0n) is 12.7. The normalized spacial score (nSPS) is 12.0. The maximum absolute atomic E-state index is 12.0. The lowest BCUT2D eigenvalue weighted by molar-refractivity contribution is -0.138. The average molecular weight is 335 g/mol. The lowest BCUT2D eigenvalue weighted by atomic mass is 10.0. The number of aliphatic carboxylic acids is 1. The van der Waals surface area contributed by atoms with Crippen LogP contribution in [0.5, 0.6) is 0 Å². The van der Waals surface area contributed by atoms with Gasteiger partial charge in [0.1, 0.15) is 17.4 Å². The molecule has 0 unspecified atom stereocenters. The largest absolute Gasteiger partial charge is 0.480 e. The highest BCUT2D eigenvalue weighted by atomic mass is 32.1. The van der Waals surface area contributed by atoms with Crippen LogP contribution in [0.25, 0.3) is 0 Å². The van der Waals surface area contributed by atoms with E-state index in [2.05, 4.69) is 25.8 Å². The Hall–Kier alpha value is -2.55. The Kier molecular flexibility index (Phi) is 5.58. The van der Waals surface area contributed by atoms with E-state index in [0.29, 0.717) is 22.9 Å². The number of rotatable bonds is 7. The van der Waals surface area contributed by atoms with Crippen LogP contribution in [-0.2, 0) is 4.79 Å². The average Bonchev–Trinajstić information content (AvgIpc) is 2.99. The zero-order valence-corrected chi connectivity index (χ0v) is 13.5. The Morgan fingerprint density at radius 3 is 2.65 bits per heavy atom. The number of carboxylic acid groups (broad SMARTS) is 1. The van der Waals surface area contributed by atoms with E-state index in [1.54, 1.807) is 12.1 Å². The molecule has 1 amide bonds. The lowest BCUT2D eigenvalue weighted by Gasteiger charge is -2.17. The van der Waals surface area contributed by atoms with Crippen LogP contribution in [0.3, 0.4) is 0 Å². The monoisotopic (exact) mass is 335 g/mol. The van der Waals surface area contributed by atoms with Gasteiger partial charge < -0.3 is 10.4 Å². The SMILES string of the molecule is CC(C)C[C@H](Nc1ccc(C(=O)Nc2nncs2)cn1)C(=O)O. The van der Waals surface area contributed by atoms with Crippen LogP contribution in [0.15, 0.2) is 23.8 Å². The number of carbonyl (C=O) groups is 2. The molecule has 23 heavy (non-hydrogen) atoms. The van der Waals surface area contributed by atoms with Crippen LogP contribution in [0.4, 0.5) is 10.9 Å². The van der Waals surface area contributed by atoms with Crippen molar-refractivity contribution in [1.29, 1.82) is 0 Å². The van der Waals surface area contributed by atoms with E-state index in [-0.39, 0.29) is 11.8 Å². The standard InChI is InChI=1S/C14H17N5O3S/c1-8(2)5-10(13(21)22)17-11-4-3-9(6-15-11)12(20)18-14-19-16-7-23-14/h3-4,6-8,10H,5H2,1-2H3,(H,15,17)(H,21,22)(H,18,19,20)/t10-/m0/s1. The third-order valence-electron chi connectivity index (χ3n) is 2.93. The van der Waals surface area contributed by atoms with E-state index in [9.17, 15) is 14.7 Å². The van der Waals surface area contributed by atoms with Crippen molar-refractivity contribution in [3.05, 3.63) is 29.4 Å². The van der Waals surface area contributed by atoms with Gasteiger partial charge in [-0.25, -0.2) is 9.78 Å². The summed E-state index contributed by atoms with van der Waals surface area (Å²) in [6.07, 6.45) is 1.86. The molecule has 0 saturated carbocycles. The van der Waals surface area contributed by atoms with Crippen molar-refractivity contribution in [1.82, 2.24) is 15.2 Å². The Balaban J connectivity index is 2.00. The second kappa shape index (κ2) is 7.63. The van der Waals surface area contributed by atoms with E-state index < -0.39 is 12.0 Å². The molecule has 8 nitrogen and oxygen atoms in total. The fraction of sp³-hybridized carbons (Fsp3) is 0.357. The van der Waals surface area contributed by atoms with Gasteiger partial charge in [-0.3, -0.25) is 10.1 Å². The minimum atomic E-state index is -0.932. The van der Waals surface area contributed by atoms with Gasteiger partial charge in [0.25, 0.3) is 5.91 Å². The highest BCUT2D eigenvalue weighted by molar-refractivity contribution is 7.13. The zero-order chi connectivity index (χ0) is 16.8. The summed E-state index contributed by atoms with van der Waals surface area (Å²) in [6, 6.07) is 2.43. The molecular formula is C14H17N5O3S. The number of aromatic nitrogens is 3. The molecule has 2 heterocycles. The Labute approximate surface area is 137 Å². The van der Waals surface area contributed by atoms with Crippen LogP contribution in [0.1, 0.15) is 30.6 Å². The number of hydrogen-bond donors (Lipinski definition) is 3. The maximum atomic E-state index is 12.0. The molecule has 122 valence electrons. The summed E-state index contributed by atoms with van der Waals surface area (Å²) in [5.74, 6) is -0.637. The summed E-state index contributed by atoms with van der Waals surface area (Å²) in [5.41, 5.74) is 1.86.